The summed E-state index contributed by atoms with van der Waals surface area (Å²) in [5, 5.41) is 8.17. The van der Waals surface area contributed by atoms with E-state index in [-0.39, 0.29) is 11.0 Å². The molecule has 4 nitrogen and oxygen atoms in total. The van der Waals surface area contributed by atoms with Crippen molar-refractivity contribution < 1.29 is 4.79 Å². The van der Waals surface area contributed by atoms with Gasteiger partial charge in [0.25, 0.3) is 5.91 Å². The molecule has 2 aromatic rings. The summed E-state index contributed by atoms with van der Waals surface area (Å²) in [6.45, 7) is 0. The second-order valence-corrected chi connectivity index (χ2v) is 5.80. The minimum absolute atomic E-state index is 0.234. The van der Waals surface area contributed by atoms with Crippen LogP contribution in [0, 0.1) is 3.57 Å². The molecule has 0 saturated carbocycles. The molecule has 0 radical (unpaired) electrons. The summed E-state index contributed by atoms with van der Waals surface area (Å²) in [5.41, 5.74) is 0.574. The molecule has 7 heteroatoms. The third kappa shape index (κ3) is 3.72. The number of carbonyl (C=O) groups excluding carboxylic acids is 1. The lowest BCUT2D eigenvalue weighted by molar-refractivity contribution is 0.0977. The van der Waals surface area contributed by atoms with Gasteiger partial charge < -0.3 is 5.32 Å². The van der Waals surface area contributed by atoms with Crippen molar-refractivity contribution in [3.63, 3.8) is 0 Å². The van der Waals surface area contributed by atoms with Crippen LogP contribution < -0.4 is 10.6 Å². The number of nitrogens with zero attached hydrogens (tertiary/aromatic N) is 1. The number of halogens is 1. The molecule has 0 aliphatic rings. The van der Waals surface area contributed by atoms with Crippen molar-refractivity contribution in [2.45, 2.75) is 0 Å². The Balaban J connectivity index is 1.97. The zero-order chi connectivity index (χ0) is 13.0. The molecule has 0 spiro atoms. The van der Waals surface area contributed by atoms with Crippen molar-refractivity contribution in [3.05, 3.63) is 45.0 Å². The summed E-state index contributed by atoms with van der Waals surface area (Å²) < 4.78 is 0.999. The minimum Gasteiger partial charge on any atom is -0.308 e. The first-order valence-corrected chi connectivity index (χ1v) is 7.29. The van der Waals surface area contributed by atoms with E-state index >= 15 is 0 Å². The van der Waals surface area contributed by atoms with Gasteiger partial charge in [-0.05, 0) is 53.0 Å². The first-order valence-electron chi connectivity index (χ1n) is 4.92. The normalized spacial score (nSPS) is 9.83. The van der Waals surface area contributed by atoms with E-state index in [0.29, 0.717) is 10.7 Å². The molecule has 0 unspecified atom stereocenters. The van der Waals surface area contributed by atoms with Gasteiger partial charge in [-0.3, -0.25) is 10.1 Å². The Hall–Kier alpha value is -1.06. The highest BCUT2D eigenvalue weighted by atomic mass is 127. The third-order valence-corrected chi connectivity index (χ3v) is 3.53. The van der Waals surface area contributed by atoms with Crippen LogP contribution in [-0.2, 0) is 0 Å². The summed E-state index contributed by atoms with van der Waals surface area (Å²) in [6.07, 6.45) is 1.66. The minimum atomic E-state index is -0.234. The SMILES string of the molecule is O=C(NC(=S)Nc1nccs1)c1cccc(I)c1. The number of carbonyl (C=O) groups is 1. The number of benzene rings is 1. The van der Waals surface area contributed by atoms with Gasteiger partial charge in [-0.25, -0.2) is 4.98 Å². The van der Waals surface area contributed by atoms with Gasteiger partial charge in [0.2, 0.25) is 0 Å². The molecule has 1 aromatic carbocycles. The Morgan fingerprint density at radius 3 is 2.94 bits per heavy atom. The topological polar surface area (TPSA) is 54.0 Å². The Labute approximate surface area is 127 Å². The third-order valence-electron chi connectivity index (χ3n) is 1.97. The molecule has 2 rings (SSSR count). The van der Waals surface area contributed by atoms with E-state index in [2.05, 4.69) is 38.2 Å². The second kappa shape index (κ2) is 6.21. The number of hydrogen-bond donors (Lipinski definition) is 2. The predicted molar refractivity (Wildman–Crippen MR) is 85.0 cm³/mol. The van der Waals surface area contributed by atoms with Crippen LogP contribution in [0.3, 0.4) is 0 Å². The maximum Gasteiger partial charge on any atom is 0.257 e. The Kier molecular flexibility index (Phi) is 4.61. The maximum absolute atomic E-state index is 11.9. The number of thiazole rings is 1. The first kappa shape index (κ1) is 13.4. The molecule has 0 aliphatic heterocycles. The lowest BCUT2D eigenvalue weighted by Crippen LogP contribution is -2.34. The van der Waals surface area contributed by atoms with Crippen LogP contribution in [0.5, 0.6) is 0 Å². The van der Waals surface area contributed by atoms with Crippen LogP contribution in [0.2, 0.25) is 0 Å². The molecule has 1 amide bonds. The van der Waals surface area contributed by atoms with Gasteiger partial charge >= 0.3 is 0 Å². The summed E-state index contributed by atoms with van der Waals surface area (Å²) in [5.74, 6) is -0.234. The molecule has 1 heterocycles. The number of thiocarbonyl (C=S) groups is 1. The standard InChI is InChI=1S/C11H8IN3OS2/c12-8-3-1-2-7(6-8)9(16)14-10(17)15-11-13-4-5-18-11/h1-6H,(H2,13,14,15,16,17). The molecule has 0 saturated heterocycles. The highest BCUT2D eigenvalue weighted by molar-refractivity contribution is 14.1. The summed E-state index contributed by atoms with van der Waals surface area (Å²) in [7, 11) is 0. The quantitative estimate of drug-likeness (QED) is 0.613. The van der Waals surface area contributed by atoms with Gasteiger partial charge in [0.15, 0.2) is 10.2 Å². The number of nitrogens with one attached hydrogen (secondary N) is 2. The molecule has 1 aromatic heterocycles. The van der Waals surface area contributed by atoms with Gasteiger partial charge in [-0.1, -0.05) is 6.07 Å². The zero-order valence-corrected chi connectivity index (χ0v) is 12.8. The highest BCUT2D eigenvalue weighted by Crippen LogP contribution is 2.10. The van der Waals surface area contributed by atoms with Crippen molar-refractivity contribution in [2.24, 2.45) is 0 Å². The summed E-state index contributed by atoms with van der Waals surface area (Å²) in [6, 6.07) is 7.28. The Morgan fingerprint density at radius 2 is 2.28 bits per heavy atom. The van der Waals surface area contributed by atoms with Crippen LogP contribution in [0.25, 0.3) is 0 Å². The van der Waals surface area contributed by atoms with Crippen molar-refractivity contribution in [1.29, 1.82) is 0 Å². The van der Waals surface area contributed by atoms with Gasteiger partial charge in [0, 0.05) is 20.7 Å². The highest BCUT2D eigenvalue weighted by Gasteiger charge is 2.08. The Morgan fingerprint density at radius 1 is 1.44 bits per heavy atom. The zero-order valence-electron chi connectivity index (χ0n) is 9.01. The van der Waals surface area contributed by atoms with E-state index in [1.54, 1.807) is 18.3 Å². The van der Waals surface area contributed by atoms with Gasteiger partial charge in [-0.2, -0.15) is 0 Å². The van der Waals surface area contributed by atoms with Gasteiger partial charge in [-0.15, -0.1) is 11.3 Å². The maximum atomic E-state index is 11.9. The summed E-state index contributed by atoms with van der Waals surface area (Å²) in [4.78, 5) is 15.9. The average Bonchev–Trinajstić information content (AvgIpc) is 2.81. The van der Waals surface area contributed by atoms with Crippen LogP contribution in [0.4, 0.5) is 5.13 Å². The summed E-state index contributed by atoms with van der Waals surface area (Å²) >= 11 is 8.60. The van der Waals surface area contributed by atoms with Gasteiger partial charge in [0.1, 0.15) is 0 Å². The number of amides is 1. The monoisotopic (exact) mass is 389 g/mol. The van der Waals surface area contributed by atoms with E-state index < -0.39 is 0 Å². The molecular weight excluding hydrogens is 381 g/mol. The lowest BCUT2D eigenvalue weighted by Gasteiger charge is -2.07. The fourth-order valence-electron chi connectivity index (χ4n) is 1.22. The van der Waals surface area contributed by atoms with Gasteiger partial charge in [0.05, 0.1) is 0 Å². The molecule has 92 valence electrons. The van der Waals surface area contributed by atoms with Crippen LogP contribution in [-0.4, -0.2) is 16.0 Å². The Bertz CT molecular complexity index is 571. The lowest BCUT2D eigenvalue weighted by atomic mass is 10.2. The smallest absolute Gasteiger partial charge is 0.257 e. The van der Waals surface area contributed by atoms with Crippen molar-refractivity contribution >= 4 is 62.3 Å². The van der Waals surface area contributed by atoms with Crippen molar-refractivity contribution in [2.75, 3.05) is 5.32 Å². The van der Waals surface area contributed by atoms with Crippen LogP contribution >= 0.6 is 46.1 Å². The largest absolute Gasteiger partial charge is 0.308 e. The first-order chi connectivity index (χ1) is 8.65. The molecule has 0 fully saturated rings. The number of rotatable bonds is 2. The second-order valence-electron chi connectivity index (χ2n) is 3.26. The van der Waals surface area contributed by atoms with Crippen LogP contribution in [0.15, 0.2) is 35.8 Å². The molecular formula is C11H8IN3OS2. The van der Waals surface area contributed by atoms with E-state index in [0.717, 1.165) is 3.57 Å². The average molecular weight is 389 g/mol. The fourth-order valence-corrected chi connectivity index (χ4v) is 2.55. The van der Waals surface area contributed by atoms with E-state index in [1.165, 1.54) is 11.3 Å². The fraction of sp³-hybridized carbons (Fsp3) is 0. The van der Waals surface area contributed by atoms with Crippen molar-refractivity contribution in [3.8, 4) is 0 Å². The number of anilines is 1. The molecule has 0 bridgehead atoms. The molecule has 2 N–H and O–H groups in total. The number of hydrogen-bond acceptors (Lipinski definition) is 4. The van der Waals surface area contributed by atoms with Crippen molar-refractivity contribution in [1.82, 2.24) is 10.3 Å². The van der Waals surface area contributed by atoms with E-state index in [4.69, 9.17) is 12.2 Å². The molecule has 18 heavy (non-hydrogen) atoms. The number of aromatic nitrogens is 1. The van der Waals surface area contributed by atoms with E-state index in [1.807, 2.05) is 17.5 Å². The van der Waals surface area contributed by atoms with Crippen LogP contribution in [0.1, 0.15) is 10.4 Å². The molecule has 0 atom stereocenters. The predicted octanol–water partition coefficient (Wildman–Crippen LogP) is 2.87. The van der Waals surface area contributed by atoms with E-state index in [9.17, 15) is 4.79 Å². The molecule has 0 aliphatic carbocycles.